The summed E-state index contributed by atoms with van der Waals surface area (Å²) in [6.07, 6.45) is 10.6. The minimum Gasteiger partial charge on any atom is -0.332 e. The molecule has 16 nitrogen and oxygen atoms in total. The Morgan fingerprint density at radius 2 is 0.422 bits per heavy atom. The molecule has 1 rings (SSSR count). The maximum absolute atomic E-state index is 14.5. The van der Waals surface area contributed by atoms with Crippen LogP contribution in [0.1, 0.15) is 158 Å². The molecule has 0 saturated carbocycles. The van der Waals surface area contributed by atoms with Gasteiger partial charge in [-0.3, -0.25) is 38.4 Å². The molecule has 0 unspecified atom stereocenters. The van der Waals surface area contributed by atoms with E-state index in [4.69, 9.17) is 0 Å². The number of nitrogens with zero attached hydrogens (tertiary/aromatic N) is 8. The summed E-state index contributed by atoms with van der Waals surface area (Å²) >= 11 is 0. The Kier molecular flexibility index (Phi) is 25.2. The van der Waals surface area contributed by atoms with Crippen molar-refractivity contribution in [3.05, 3.63) is 0 Å². The summed E-state index contributed by atoms with van der Waals surface area (Å²) in [6, 6.07) is -7.92. The average Bonchev–Trinajstić information content (AvgIpc) is 3.29. The predicted octanol–water partition coefficient (Wildman–Crippen LogP) is 5.02. The number of hydrogen-bond acceptors (Lipinski definition) is 8. The second-order valence-corrected chi connectivity index (χ2v) is 18.3. The molecule has 8 atom stereocenters. The van der Waals surface area contributed by atoms with Gasteiger partial charge in [0.25, 0.3) is 0 Å². The molecule has 0 aliphatic carbocycles. The quantitative estimate of drug-likeness (QED) is 0.195. The second-order valence-electron chi connectivity index (χ2n) is 18.3. The monoisotopic (exact) mass is 905 g/mol. The molecular formula is C48H88N8O8. The van der Waals surface area contributed by atoms with Crippen LogP contribution >= 0.6 is 0 Å². The number of unbranched alkanes of at least 4 members (excludes halogenated alkanes) is 8. The topological polar surface area (TPSA) is 162 Å². The van der Waals surface area contributed by atoms with Crippen molar-refractivity contribution in [2.24, 2.45) is 0 Å². The van der Waals surface area contributed by atoms with Gasteiger partial charge in [-0.05, 0) is 53.4 Å². The van der Waals surface area contributed by atoms with Crippen LogP contribution in [0, 0.1) is 0 Å². The van der Waals surface area contributed by atoms with Gasteiger partial charge in [0.1, 0.15) is 48.3 Å². The lowest BCUT2D eigenvalue weighted by atomic mass is 10.0. The first-order valence-corrected chi connectivity index (χ1v) is 24.1. The first-order chi connectivity index (χ1) is 30.0. The van der Waals surface area contributed by atoms with E-state index in [0.717, 1.165) is 51.4 Å². The molecule has 64 heavy (non-hydrogen) atoms. The summed E-state index contributed by atoms with van der Waals surface area (Å²) in [4.78, 5) is 126. The Morgan fingerprint density at radius 3 is 0.562 bits per heavy atom. The third kappa shape index (κ3) is 14.9. The van der Waals surface area contributed by atoms with E-state index in [0.29, 0.717) is 51.4 Å². The molecule has 0 radical (unpaired) electrons. The Balaban J connectivity index is 4.08. The fraction of sp³-hybridized carbons (Fsp3) is 0.833. The van der Waals surface area contributed by atoms with Crippen LogP contribution in [0.25, 0.3) is 0 Å². The normalized spacial score (nSPS) is 26.5. The van der Waals surface area contributed by atoms with Crippen molar-refractivity contribution in [1.82, 2.24) is 39.2 Å². The van der Waals surface area contributed by atoms with Crippen molar-refractivity contribution in [2.75, 3.05) is 56.4 Å². The Morgan fingerprint density at radius 1 is 0.266 bits per heavy atom. The van der Waals surface area contributed by atoms with Crippen molar-refractivity contribution in [3.63, 3.8) is 0 Å². The average molecular weight is 905 g/mol. The predicted molar refractivity (Wildman–Crippen MR) is 252 cm³/mol. The fourth-order valence-electron chi connectivity index (χ4n) is 8.44. The Bertz CT molecular complexity index is 1340. The zero-order chi connectivity index (χ0) is 49.2. The van der Waals surface area contributed by atoms with Gasteiger partial charge in [-0.1, -0.05) is 105 Å². The zero-order valence-corrected chi connectivity index (χ0v) is 42.8. The highest BCUT2D eigenvalue weighted by atomic mass is 16.2. The summed E-state index contributed by atoms with van der Waals surface area (Å²) in [5.74, 6) is -3.70. The SMILES string of the molecule is CCCCC[C@H]1C(=O)N(C)[C@H](C)C(=O)N(C)[C@@H](CCCCC)C(=O)N(C)[C@H](C)C(=O)N(C)[C@@H](CCCCC)C(=O)N(C)[C@H](C)C(=O)N(C)[C@@H](CCCCC)C(=O)N(C)[C@H](C)C(=O)N1C. The number of hydrogen-bond donors (Lipinski definition) is 0. The molecule has 1 aliphatic heterocycles. The van der Waals surface area contributed by atoms with Crippen LogP contribution < -0.4 is 0 Å². The molecule has 0 aromatic heterocycles. The van der Waals surface area contributed by atoms with Crippen LogP contribution in [0.3, 0.4) is 0 Å². The van der Waals surface area contributed by atoms with E-state index in [-0.39, 0.29) is 0 Å². The van der Waals surface area contributed by atoms with Crippen molar-refractivity contribution < 1.29 is 38.4 Å². The van der Waals surface area contributed by atoms with E-state index in [1.807, 2.05) is 27.7 Å². The van der Waals surface area contributed by atoms with Gasteiger partial charge in [0.15, 0.2) is 0 Å². The lowest BCUT2D eigenvalue weighted by Crippen LogP contribution is -2.61. The lowest BCUT2D eigenvalue weighted by Gasteiger charge is -2.40. The molecular weight excluding hydrogens is 817 g/mol. The van der Waals surface area contributed by atoms with E-state index in [1.54, 1.807) is 55.9 Å². The third-order valence-electron chi connectivity index (χ3n) is 13.9. The smallest absolute Gasteiger partial charge is 0.245 e. The van der Waals surface area contributed by atoms with Crippen molar-refractivity contribution in [2.45, 2.75) is 206 Å². The minimum atomic E-state index is -1.02. The van der Waals surface area contributed by atoms with Gasteiger partial charge in [0.2, 0.25) is 47.3 Å². The molecule has 0 spiro atoms. The van der Waals surface area contributed by atoms with E-state index in [2.05, 4.69) is 0 Å². The van der Waals surface area contributed by atoms with Crippen LogP contribution in [0.15, 0.2) is 0 Å². The van der Waals surface area contributed by atoms with Crippen LogP contribution in [0.4, 0.5) is 0 Å². The van der Waals surface area contributed by atoms with Crippen molar-refractivity contribution >= 4 is 47.3 Å². The van der Waals surface area contributed by atoms with Gasteiger partial charge in [-0.2, -0.15) is 0 Å². The Hall–Kier alpha value is -4.24. The molecule has 1 fully saturated rings. The summed E-state index contributed by atoms with van der Waals surface area (Å²) in [7, 11) is 12.2. The summed E-state index contributed by atoms with van der Waals surface area (Å²) < 4.78 is 0. The fourth-order valence-corrected chi connectivity index (χ4v) is 8.44. The number of rotatable bonds is 16. The zero-order valence-electron chi connectivity index (χ0n) is 42.8. The van der Waals surface area contributed by atoms with Gasteiger partial charge in [-0.25, -0.2) is 0 Å². The highest BCUT2D eigenvalue weighted by Gasteiger charge is 2.42. The molecule has 0 N–H and O–H groups in total. The van der Waals surface area contributed by atoms with Gasteiger partial charge in [-0.15, -0.1) is 0 Å². The number of carbonyl (C=O) groups is 8. The van der Waals surface area contributed by atoms with Crippen molar-refractivity contribution in [1.29, 1.82) is 0 Å². The number of carbonyl (C=O) groups excluding carboxylic acids is 8. The standard InChI is InChI=1S/C48H88N8O8/c1-17-21-25-29-37-45(61)49(9)34(6)42(58)54(14)39(31-27-23-19-3)47(63)51(11)36(8)44(60)56(16)40(32-28-24-20-4)48(64)52(12)35(7)43(59)55(15)38(30-26-22-18-2)46(62)50(10)33(5)41(57)53(37)13/h33-40H,17-32H2,1-16H3/t33-,34-,35-,36-,37+,38+,39+,40+/m1/s1. The molecule has 8 amide bonds. The summed E-state index contributed by atoms with van der Waals surface area (Å²) in [5, 5.41) is 0. The second kappa shape index (κ2) is 27.9. The van der Waals surface area contributed by atoms with Gasteiger partial charge >= 0.3 is 0 Å². The maximum atomic E-state index is 14.5. The highest BCUT2D eigenvalue weighted by molar-refractivity contribution is 5.98. The summed E-state index contributed by atoms with van der Waals surface area (Å²) in [5.41, 5.74) is 0. The molecule has 1 heterocycles. The van der Waals surface area contributed by atoms with E-state index >= 15 is 0 Å². The molecule has 0 aromatic carbocycles. The summed E-state index contributed by atoms with van der Waals surface area (Å²) in [6.45, 7) is 14.5. The van der Waals surface area contributed by atoms with Crippen LogP contribution in [-0.4, -0.2) is 191 Å². The van der Waals surface area contributed by atoms with E-state index < -0.39 is 95.6 Å². The van der Waals surface area contributed by atoms with Crippen LogP contribution in [0.5, 0.6) is 0 Å². The first-order valence-electron chi connectivity index (χ1n) is 24.1. The van der Waals surface area contributed by atoms with Gasteiger partial charge in [0, 0.05) is 56.4 Å². The Labute approximate surface area is 386 Å². The molecule has 368 valence electrons. The molecule has 16 heteroatoms. The van der Waals surface area contributed by atoms with Crippen LogP contribution in [-0.2, 0) is 38.4 Å². The number of amides is 8. The lowest BCUT2D eigenvalue weighted by molar-refractivity contribution is -0.158. The van der Waals surface area contributed by atoms with Crippen molar-refractivity contribution in [3.8, 4) is 0 Å². The molecule has 1 saturated heterocycles. The first kappa shape index (κ1) is 57.8. The maximum Gasteiger partial charge on any atom is 0.245 e. The number of likely N-dealkylation sites (N-methyl/N-ethyl adjacent to an activating group) is 8. The van der Waals surface area contributed by atoms with E-state index in [9.17, 15) is 38.4 Å². The molecule has 0 aromatic rings. The third-order valence-corrected chi connectivity index (χ3v) is 13.9. The largest absolute Gasteiger partial charge is 0.332 e. The van der Waals surface area contributed by atoms with Gasteiger partial charge < -0.3 is 39.2 Å². The van der Waals surface area contributed by atoms with E-state index in [1.165, 1.54) is 67.4 Å². The highest BCUT2D eigenvalue weighted by Crippen LogP contribution is 2.23. The molecule has 0 bridgehead atoms. The molecule has 1 aliphatic rings. The van der Waals surface area contributed by atoms with Crippen LogP contribution in [0.2, 0.25) is 0 Å². The minimum absolute atomic E-state index is 0.324. The van der Waals surface area contributed by atoms with Gasteiger partial charge in [0.05, 0.1) is 0 Å².